The Morgan fingerprint density at radius 2 is 1.86 bits per heavy atom. The van der Waals surface area contributed by atoms with Crippen LogP contribution in [0.25, 0.3) is 0 Å². The molecule has 22 heavy (non-hydrogen) atoms. The van der Waals surface area contributed by atoms with Crippen LogP contribution in [-0.2, 0) is 4.79 Å². The molecule has 0 aliphatic heterocycles. The van der Waals surface area contributed by atoms with Crippen molar-refractivity contribution in [3.8, 4) is 0 Å². The van der Waals surface area contributed by atoms with Crippen molar-refractivity contribution in [3.63, 3.8) is 0 Å². The Bertz CT molecular complexity index is 575. The van der Waals surface area contributed by atoms with Gasteiger partial charge >= 0.3 is 0 Å². The highest BCUT2D eigenvalue weighted by Crippen LogP contribution is 2.57. The van der Waals surface area contributed by atoms with Crippen molar-refractivity contribution in [3.05, 3.63) is 22.3 Å². The van der Waals surface area contributed by atoms with Gasteiger partial charge in [-0.2, -0.15) is 0 Å². The Balaban J connectivity index is 2.06. The summed E-state index contributed by atoms with van der Waals surface area (Å²) in [6, 6.07) is 0. The minimum atomic E-state index is -0.599. The van der Waals surface area contributed by atoms with E-state index in [9.17, 15) is 9.90 Å². The van der Waals surface area contributed by atoms with Crippen molar-refractivity contribution in [2.75, 3.05) is 0 Å². The molecule has 0 aromatic rings. The summed E-state index contributed by atoms with van der Waals surface area (Å²) < 4.78 is 0. The molecule has 2 saturated carbocycles. The normalized spacial score (nSPS) is 42.1. The largest absolute Gasteiger partial charge is 0.390 e. The Kier molecular flexibility index (Phi) is 3.67. The molecule has 4 atom stereocenters. The summed E-state index contributed by atoms with van der Waals surface area (Å²) in [6.07, 6.45) is 5.69. The van der Waals surface area contributed by atoms with Gasteiger partial charge in [0.05, 0.1) is 5.60 Å². The maximum Gasteiger partial charge on any atom is 0.159 e. The molecule has 0 amide bonds. The van der Waals surface area contributed by atoms with Crippen LogP contribution in [0.4, 0.5) is 0 Å². The number of rotatable bonds is 0. The van der Waals surface area contributed by atoms with Crippen LogP contribution in [0.1, 0.15) is 73.1 Å². The smallest absolute Gasteiger partial charge is 0.159 e. The molecular formula is C20H30O2. The minimum Gasteiger partial charge on any atom is -0.390 e. The first-order valence-corrected chi connectivity index (χ1v) is 8.77. The third kappa shape index (κ3) is 2.31. The first-order valence-electron chi connectivity index (χ1n) is 8.77. The van der Waals surface area contributed by atoms with Crippen molar-refractivity contribution in [1.29, 1.82) is 0 Å². The van der Waals surface area contributed by atoms with Crippen LogP contribution in [0.15, 0.2) is 22.3 Å². The zero-order valence-corrected chi connectivity index (χ0v) is 14.8. The number of hydrogen-bond donors (Lipinski definition) is 1. The van der Waals surface area contributed by atoms with Gasteiger partial charge in [-0.25, -0.2) is 0 Å². The number of carbonyl (C=O) groups excluding carboxylic acids is 1. The SMILES string of the molecule is CC(C)=C1C(=O)C[C@]2(C)C[C@H]3C(=C(C)CCC12)CC[C@@]3(C)O. The third-order valence-electron chi connectivity index (χ3n) is 6.69. The molecule has 3 aliphatic rings. The summed E-state index contributed by atoms with van der Waals surface area (Å²) in [5.41, 5.74) is 4.67. The Morgan fingerprint density at radius 1 is 1.18 bits per heavy atom. The predicted molar refractivity (Wildman–Crippen MR) is 89.5 cm³/mol. The second-order valence-electron chi connectivity index (χ2n) is 8.68. The lowest BCUT2D eigenvalue weighted by atomic mass is 9.65. The zero-order valence-electron chi connectivity index (χ0n) is 14.8. The van der Waals surface area contributed by atoms with Crippen LogP contribution in [0.2, 0.25) is 0 Å². The van der Waals surface area contributed by atoms with E-state index >= 15 is 0 Å². The lowest BCUT2D eigenvalue weighted by molar-refractivity contribution is -0.115. The van der Waals surface area contributed by atoms with Gasteiger partial charge in [-0.15, -0.1) is 0 Å². The quantitative estimate of drug-likeness (QED) is 0.525. The number of ketones is 1. The van der Waals surface area contributed by atoms with Crippen LogP contribution in [0.5, 0.6) is 0 Å². The van der Waals surface area contributed by atoms with E-state index in [0.717, 1.165) is 37.7 Å². The fourth-order valence-electron chi connectivity index (χ4n) is 5.42. The van der Waals surface area contributed by atoms with E-state index in [1.165, 1.54) is 16.7 Å². The van der Waals surface area contributed by atoms with Gasteiger partial charge in [-0.05, 0) is 76.7 Å². The van der Waals surface area contributed by atoms with E-state index in [-0.39, 0.29) is 11.3 Å². The van der Waals surface area contributed by atoms with E-state index in [1.807, 2.05) is 6.92 Å². The summed E-state index contributed by atoms with van der Waals surface area (Å²) in [5, 5.41) is 10.9. The average molecular weight is 302 g/mol. The molecule has 0 bridgehead atoms. The number of allylic oxidation sites excluding steroid dienone is 3. The van der Waals surface area contributed by atoms with E-state index in [2.05, 4.69) is 27.7 Å². The van der Waals surface area contributed by atoms with Crippen molar-refractivity contribution >= 4 is 5.78 Å². The van der Waals surface area contributed by atoms with Gasteiger partial charge in [0.15, 0.2) is 5.78 Å². The van der Waals surface area contributed by atoms with Gasteiger partial charge in [-0.1, -0.05) is 23.6 Å². The molecule has 0 aromatic heterocycles. The topological polar surface area (TPSA) is 37.3 Å². The molecule has 1 unspecified atom stereocenters. The number of fused-ring (bicyclic) bond motifs is 2. The second kappa shape index (κ2) is 5.06. The molecular weight excluding hydrogens is 272 g/mol. The van der Waals surface area contributed by atoms with Crippen LogP contribution < -0.4 is 0 Å². The first-order chi connectivity index (χ1) is 10.2. The van der Waals surface area contributed by atoms with Gasteiger partial charge in [-0.3, -0.25) is 4.79 Å². The fraction of sp³-hybridized carbons (Fsp3) is 0.750. The van der Waals surface area contributed by atoms with Crippen LogP contribution >= 0.6 is 0 Å². The van der Waals surface area contributed by atoms with Crippen molar-refractivity contribution < 1.29 is 9.90 Å². The van der Waals surface area contributed by atoms with Crippen LogP contribution in [0, 0.1) is 17.3 Å². The molecule has 0 spiro atoms. The van der Waals surface area contributed by atoms with Gasteiger partial charge < -0.3 is 5.11 Å². The molecule has 3 rings (SSSR count). The first kappa shape index (κ1) is 16.0. The van der Waals surface area contributed by atoms with E-state index < -0.39 is 5.60 Å². The molecule has 0 aromatic carbocycles. The minimum absolute atomic E-state index is 0.0225. The lowest BCUT2D eigenvalue weighted by Crippen LogP contribution is -2.37. The van der Waals surface area contributed by atoms with Crippen molar-refractivity contribution in [2.45, 2.75) is 78.7 Å². The van der Waals surface area contributed by atoms with Gasteiger partial charge in [0.2, 0.25) is 0 Å². The van der Waals surface area contributed by atoms with Crippen LogP contribution in [0.3, 0.4) is 0 Å². The number of Topliss-reactive ketones (excluding diaryl/α,β-unsaturated/α-hetero) is 1. The maximum absolute atomic E-state index is 12.6. The molecule has 1 N–H and O–H groups in total. The third-order valence-corrected chi connectivity index (χ3v) is 6.69. The highest BCUT2D eigenvalue weighted by molar-refractivity contribution is 5.99. The van der Waals surface area contributed by atoms with Gasteiger partial charge in [0.25, 0.3) is 0 Å². The fourth-order valence-corrected chi connectivity index (χ4v) is 5.42. The summed E-state index contributed by atoms with van der Waals surface area (Å²) in [4.78, 5) is 12.6. The molecule has 0 radical (unpaired) electrons. The summed E-state index contributed by atoms with van der Waals surface area (Å²) in [7, 11) is 0. The maximum atomic E-state index is 12.6. The van der Waals surface area contributed by atoms with Gasteiger partial charge in [0.1, 0.15) is 0 Å². The highest BCUT2D eigenvalue weighted by Gasteiger charge is 2.52. The Morgan fingerprint density at radius 3 is 2.50 bits per heavy atom. The Hall–Kier alpha value is -0.890. The second-order valence-corrected chi connectivity index (χ2v) is 8.68. The standard InChI is InChI=1S/C20H30O2/c1-12(2)18-15-7-6-13(3)14-8-9-20(5,22)16(14)10-19(15,4)11-17(18)21/h15-16,22H,6-11H2,1-5H3/t15?,16-,19-,20+/m0/s1. The van der Waals surface area contributed by atoms with E-state index in [0.29, 0.717) is 18.1 Å². The average Bonchev–Trinajstić information content (AvgIpc) is 2.80. The Labute approximate surface area is 134 Å². The molecule has 2 fully saturated rings. The molecule has 2 nitrogen and oxygen atoms in total. The summed E-state index contributed by atoms with van der Waals surface area (Å²) >= 11 is 0. The number of aliphatic hydroxyl groups is 1. The van der Waals surface area contributed by atoms with E-state index in [4.69, 9.17) is 0 Å². The lowest BCUT2D eigenvalue weighted by Gasteiger charge is -2.40. The highest BCUT2D eigenvalue weighted by atomic mass is 16.3. The van der Waals surface area contributed by atoms with Crippen molar-refractivity contribution in [2.24, 2.45) is 17.3 Å². The van der Waals surface area contributed by atoms with Gasteiger partial charge in [0, 0.05) is 12.3 Å². The zero-order chi connectivity index (χ0) is 16.3. The predicted octanol–water partition coefficient (Wildman–Crippen LogP) is 4.58. The monoisotopic (exact) mass is 302 g/mol. The van der Waals surface area contributed by atoms with E-state index in [1.54, 1.807) is 0 Å². The summed E-state index contributed by atoms with van der Waals surface area (Å²) in [5.74, 6) is 0.966. The molecule has 2 heteroatoms. The molecule has 3 aliphatic carbocycles. The summed E-state index contributed by atoms with van der Waals surface area (Å²) in [6.45, 7) is 10.7. The van der Waals surface area contributed by atoms with Crippen LogP contribution in [-0.4, -0.2) is 16.5 Å². The molecule has 122 valence electrons. The molecule has 0 heterocycles. The molecule has 0 saturated heterocycles. The number of carbonyl (C=O) groups is 1. The van der Waals surface area contributed by atoms with Crippen molar-refractivity contribution in [1.82, 2.24) is 0 Å². The number of hydrogen-bond acceptors (Lipinski definition) is 2.